The van der Waals surface area contributed by atoms with E-state index in [1.807, 2.05) is 0 Å². The average Bonchev–Trinajstić information content (AvgIpc) is 3.46. The fourth-order valence-corrected chi connectivity index (χ4v) is 9.71. The molecule has 0 bridgehead atoms. The Morgan fingerprint density at radius 3 is 0.762 bits per heavy atom. The van der Waals surface area contributed by atoms with Crippen LogP contribution in [0.2, 0.25) is 0 Å². The molecule has 6 heteroatoms. The van der Waals surface area contributed by atoms with E-state index in [1.165, 1.54) is 180 Å². The topological polar surface area (TPSA) is 78.9 Å². The molecule has 0 N–H and O–H groups in total. The molecular formula is C74H128O6. The van der Waals surface area contributed by atoms with Crippen molar-refractivity contribution in [1.29, 1.82) is 0 Å². The Labute approximate surface area is 496 Å². The Bertz CT molecular complexity index is 1560. The molecule has 0 spiro atoms. The van der Waals surface area contributed by atoms with Crippen molar-refractivity contribution in [2.24, 2.45) is 0 Å². The molecule has 0 heterocycles. The number of carbonyl (C=O) groups excluding carboxylic acids is 3. The number of hydrogen-bond donors (Lipinski definition) is 0. The molecular weight excluding hydrogens is 985 g/mol. The van der Waals surface area contributed by atoms with Gasteiger partial charge in [-0.05, 0) is 103 Å². The van der Waals surface area contributed by atoms with Gasteiger partial charge >= 0.3 is 17.9 Å². The first kappa shape index (κ1) is 76.3. The van der Waals surface area contributed by atoms with Crippen molar-refractivity contribution in [3.63, 3.8) is 0 Å². The van der Waals surface area contributed by atoms with Gasteiger partial charge in [-0.2, -0.15) is 0 Å². The summed E-state index contributed by atoms with van der Waals surface area (Å²) in [5.74, 6) is -0.888. The molecule has 0 aromatic heterocycles. The molecule has 0 aliphatic carbocycles. The maximum atomic E-state index is 12.8. The number of carbonyl (C=O) groups is 3. The summed E-state index contributed by atoms with van der Waals surface area (Å²) in [4.78, 5) is 38.0. The Hall–Kier alpha value is -3.67. The molecule has 0 aromatic carbocycles. The molecule has 6 nitrogen and oxygen atoms in total. The number of allylic oxidation sites excluding steroid dienone is 16. The maximum Gasteiger partial charge on any atom is 0.306 e. The third kappa shape index (κ3) is 65.1. The molecule has 0 saturated heterocycles. The number of ether oxygens (including phenoxy) is 3. The van der Waals surface area contributed by atoms with Gasteiger partial charge < -0.3 is 14.2 Å². The van der Waals surface area contributed by atoms with Crippen LogP contribution in [0.25, 0.3) is 0 Å². The lowest BCUT2D eigenvalue weighted by molar-refractivity contribution is -0.167. The fourth-order valence-electron chi connectivity index (χ4n) is 9.71. The zero-order valence-electron chi connectivity index (χ0n) is 52.8. The summed E-state index contributed by atoms with van der Waals surface area (Å²) in [5.41, 5.74) is 0. The minimum absolute atomic E-state index is 0.0788. The van der Waals surface area contributed by atoms with E-state index in [0.717, 1.165) is 116 Å². The van der Waals surface area contributed by atoms with Crippen molar-refractivity contribution < 1.29 is 28.6 Å². The molecule has 0 aliphatic heterocycles. The summed E-state index contributed by atoms with van der Waals surface area (Å²) in [6.45, 7) is 6.47. The van der Waals surface area contributed by atoms with Gasteiger partial charge in [-0.1, -0.05) is 311 Å². The number of rotatable bonds is 62. The van der Waals surface area contributed by atoms with Gasteiger partial charge in [0.2, 0.25) is 0 Å². The van der Waals surface area contributed by atoms with Crippen molar-refractivity contribution in [1.82, 2.24) is 0 Å². The average molecular weight is 1110 g/mol. The van der Waals surface area contributed by atoms with Crippen LogP contribution in [0, 0.1) is 0 Å². The van der Waals surface area contributed by atoms with Crippen LogP contribution in [0.15, 0.2) is 97.2 Å². The normalized spacial score (nSPS) is 12.7. The minimum Gasteiger partial charge on any atom is -0.462 e. The zero-order chi connectivity index (χ0) is 57.8. The molecule has 0 amide bonds. The highest BCUT2D eigenvalue weighted by Gasteiger charge is 2.19. The minimum atomic E-state index is -0.780. The van der Waals surface area contributed by atoms with Crippen molar-refractivity contribution >= 4 is 17.9 Å². The highest BCUT2D eigenvalue weighted by Crippen LogP contribution is 2.17. The van der Waals surface area contributed by atoms with Crippen molar-refractivity contribution in [3.05, 3.63) is 97.2 Å². The summed E-state index contributed by atoms with van der Waals surface area (Å²) >= 11 is 0. The van der Waals surface area contributed by atoms with Gasteiger partial charge in [-0.3, -0.25) is 14.4 Å². The van der Waals surface area contributed by atoms with Gasteiger partial charge in [-0.25, -0.2) is 0 Å². The molecule has 0 saturated carbocycles. The van der Waals surface area contributed by atoms with Gasteiger partial charge in [0.15, 0.2) is 6.10 Å². The van der Waals surface area contributed by atoms with Crippen LogP contribution in [0.3, 0.4) is 0 Å². The second-order valence-electron chi connectivity index (χ2n) is 22.7. The second-order valence-corrected chi connectivity index (χ2v) is 22.7. The van der Waals surface area contributed by atoms with Crippen molar-refractivity contribution in [3.8, 4) is 0 Å². The van der Waals surface area contributed by atoms with E-state index in [9.17, 15) is 14.4 Å². The van der Waals surface area contributed by atoms with E-state index in [2.05, 4.69) is 118 Å². The summed E-state index contributed by atoms with van der Waals surface area (Å²) in [7, 11) is 0. The Kier molecular flexibility index (Phi) is 64.7. The third-order valence-corrected chi connectivity index (χ3v) is 14.8. The molecule has 1 unspecified atom stereocenters. The van der Waals surface area contributed by atoms with Gasteiger partial charge in [0.25, 0.3) is 0 Å². The summed E-state index contributed by atoms with van der Waals surface area (Å²) < 4.78 is 16.8. The van der Waals surface area contributed by atoms with E-state index < -0.39 is 6.10 Å². The molecule has 0 fully saturated rings. The van der Waals surface area contributed by atoms with Gasteiger partial charge in [0.1, 0.15) is 13.2 Å². The second kappa shape index (κ2) is 67.8. The fraction of sp³-hybridized carbons (Fsp3) is 0.743. The summed E-state index contributed by atoms with van der Waals surface area (Å²) in [6.07, 6.45) is 91.9. The quantitative estimate of drug-likeness (QED) is 0.0261. The lowest BCUT2D eigenvalue weighted by atomic mass is 10.0. The van der Waals surface area contributed by atoms with Crippen LogP contribution in [-0.4, -0.2) is 37.2 Å². The van der Waals surface area contributed by atoms with Crippen molar-refractivity contribution in [2.45, 2.75) is 341 Å². The van der Waals surface area contributed by atoms with Crippen LogP contribution in [0.4, 0.5) is 0 Å². The Morgan fingerprint density at radius 1 is 0.263 bits per heavy atom. The van der Waals surface area contributed by atoms with Gasteiger partial charge in [-0.15, -0.1) is 0 Å². The Balaban J connectivity index is 3.99. The summed E-state index contributed by atoms with van der Waals surface area (Å²) in [5, 5.41) is 0. The lowest BCUT2D eigenvalue weighted by Gasteiger charge is -2.18. The molecule has 0 aliphatic rings. The predicted octanol–water partition coefficient (Wildman–Crippen LogP) is 23.6. The monoisotopic (exact) mass is 1110 g/mol. The largest absolute Gasteiger partial charge is 0.462 e. The van der Waals surface area contributed by atoms with Crippen LogP contribution in [0.1, 0.15) is 335 Å². The first-order valence-corrected chi connectivity index (χ1v) is 34.2. The van der Waals surface area contributed by atoms with Crippen LogP contribution in [-0.2, 0) is 28.6 Å². The number of unbranched alkanes of at least 4 members (excludes halogenated alkanes) is 35. The predicted molar refractivity (Wildman–Crippen MR) is 348 cm³/mol. The highest BCUT2D eigenvalue weighted by atomic mass is 16.6. The summed E-state index contributed by atoms with van der Waals surface area (Å²) in [6, 6.07) is 0. The van der Waals surface area contributed by atoms with E-state index in [0.29, 0.717) is 19.3 Å². The van der Waals surface area contributed by atoms with Crippen LogP contribution in [0.5, 0.6) is 0 Å². The third-order valence-electron chi connectivity index (χ3n) is 14.8. The molecule has 460 valence electrons. The molecule has 80 heavy (non-hydrogen) atoms. The van der Waals surface area contributed by atoms with E-state index in [-0.39, 0.29) is 31.1 Å². The van der Waals surface area contributed by atoms with Crippen LogP contribution >= 0.6 is 0 Å². The van der Waals surface area contributed by atoms with Crippen LogP contribution < -0.4 is 0 Å². The molecule has 1 atom stereocenters. The first-order chi connectivity index (χ1) is 39.5. The standard InChI is InChI=1S/C74H128O6/c1-4-7-10-13-16-18-20-22-24-26-28-30-31-32-33-34-35-36-37-38-39-40-41-42-43-45-46-48-50-52-54-56-58-61-64-67-73(76)79-70-71(69-78-72(75)66-63-60-15-12-9-6-3)80-74(77)68-65-62-59-57-55-53-51-49-47-44-29-27-25-23-21-19-17-14-11-8-5-2/h7,10,16,18,21-24,27-30,32-33,47,49,71H,4-6,8-9,11-15,17,19-20,25-26,31,34-46,48,50-70H2,1-3H3/b10-7-,18-16-,23-21-,24-22-,29-27-,30-28-,33-32-,49-47-. The zero-order valence-corrected chi connectivity index (χ0v) is 52.8. The molecule has 0 aromatic rings. The Morgan fingerprint density at radius 2 is 0.487 bits per heavy atom. The van der Waals surface area contributed by atoms with E-state index in [4.69, 9.17) is 14.2 Å². The van der Waals surface area contributed by atoms with E-state index >= 15 is 0 Å². The number of esters is 3. The molecule has 0 radical (unpaired) electrons. The highest BCUT2D eigenvalue weighted by molar-refractivity contribution is 5.71. The van der Waals surface area contributed by atoms with Gasteiger partial charge in [0.05, 0.1) is 0 Å². The first-order valence-electron chi connectivity index (χ1n) is 34.2. The van der Waals surface area contributed by atoms with E-state index in [1.54, 1.807) is 0 Å². The molecule has 0 rings (SSSR count). The van der Waals surface area contributed by atoms with Crippen molar-refractivity contribution in [2.75, 3.05) is 13.2 Å². The maximum absolute atomic E-state index is 12.8. The number of hydrogen-bond acceptors (Lipinski definition) is 6. The lowest BCUT2D eigenvalue weighted by Crippen LogP contribution is -2.30. The smallest absolute Gasteiger partial charge is 0.306 e. The van der Waals surface area contributed by atoms with Gasteiger partial charge in [0, 0.05) is 19.3 Å². The SMILES string of the molecule is CC/C=C\C/C=C\C/C=C\C/C=C\C/C=C\CCCCCCCCCCCCCCCCCCCCCC(=O)OCC(COC(=O)CCCCCCCC)OC(=O)CCCCCCCC/C=C\C/C=C\C/C=C\CCCCCCC.